The summed E-state index contributed by atoms with van der Waals surface area (Å²) >= 11 is 0. The van der Waals surface area contributed by atoms with Crippen LogP contribution in [0.2, 0.25) is 0 Å². The molecule has 0 saturated heterocycles. The van der Waals surface area contributed by atoms with Crippen molar-refractivity contribution in [1.29, 1.82) is 0 Å². The molecule has 0 spiro atoms. The monoisotopic (exact) mass is 394 g/mol. The van der Waals surface area contributed by atoms with Crippen LogP contribution in [0.4, 0.5) is 0 Å². The maximum absolute atomic E-state index is 9.61. The van der Waals surface area contributed by atoms with E-state index in [1.807, 2.05) is 30.3 Å². The molecule has 0 heterocycles. The molecule has 30 heavy (non-hydrogen) atoms. The van der Waals surface area contributed by atoms with Gasteiger partial charge in [-0.05, 0) is 58.5 Å². The molecule has 150 valence electrons. The van der Waals surface area contributed by atoms with E-state index in [1.165, 1.54) is 22.3 Å². The van der Waals surface area contributed by atoms with Crippen LogP contribution in [0.5, 0.6) is 11.5 Å². The van der Waals surface area contributed by atoms with Crippen LogP contribution >= 0.6 is 0 Å². The Kier molecular flexibility index (Phi) is 7.45. The van der Waals surface area contributed by atoms with Crippen LogP contribution in [-0.2, 0) is 0 Å². The zero-order valence-corrected chi connectivity index (χ0v) is 17.1. The molecule has 0 amide bonds. The number of phenolic OH excluding ortho intramolecular Hbond substituents is 2. The van der Waals surface area contributed by atoms with Crippen LogP contribution in [0.3, 0.4) is 0 Å². The minimum absolute atomic E-state index is 0.291. The summed E-state index contributed by atoms with van der Waals surface area (Å²) < 4.78 is 0. The third-order valence-corrected chi connectivity index (χ3v) is 4.75. The van der Waals surface area contributed by atoms with Gasteiger partial charge in [0, 0.05) is 0 Å². The second-order valence-corrected chi connectivity index (χ2v) is 6.82. The fourth-order valence-electron chi connectivity index (χ4n) is 3.34. The van der Waals surface area contributed by atoms with E-state index in [4.69, 9.17) is 5.11 Å². The second-order valence-electron chi connectivity index (χ2n) is 6.82. The van der Waals surface area contributed by atoms with E-state index in [-0.39, 0.29) is 0 Å². The minimum Gasteiger partial charge on any atom is -0.508 e. The predicted molar refractivity (Wildman–Crippen MR) is 125 cm³/mol. The Labute approximate surface area is 178 Å². The lowest BCUT2D eigenvalue weighted by atomic mass is 9.88. The average molecular weight is 395 g/mol. The number of rotatable bonds is 4. The second kappa shape index (κ2) is 10.7. The molecule has 0 bridgehead atoms. The Bertz CT molecular complexity index is 1050. The van der Waals surface area contributed by atoms with Gasteiger partial charge in [-0.25, -0.2) is 0 Å². The molecule has 0 atom stereocenters. The Morgan fingerprint density at radius 1 is 0.500 bits per heavy atom. The number of aromatic hydroxyl groups is 2. The normalized spacial score (nSPS) is 11.1. The van der Waals surface area contributed by atoms with Gasteiger partial charge in [0.05, 0.1) is 0 Å². The van der Waals surface area contributed by atoms with E-state index in [0.717, 1.165) is 12.0 Å². The molecule has 0 aliphatic carbocycles. The first-order chi connectivity index (χ1) is 14.7. The van der Waals surface area contributed by atoms with Crippen molar-refractivity contribution in [3.63, 3.8) is 0 Å². The van der Waals surface area contributed by atoms with E-state index in [0.29, 0.717) is 11.5 Å². The van der Waals surface area contributed by atoms with Crippen molar-refractivity contribution >= 4 is 11.1 Å². The van der Waals surface area contributed by atoms with Gasteiger partial charge in [0.2, 0.25) is 0 Å². The van der Waals surface area contributed by atoms with Crippen LogP contribution in [-0.4, -0.2) is 10.2 Å². The van der Waals surface area contributed by atoms with Gasteiger partial charge >= 0.3 is 0 Å². The molecule has 0 saturated carbocycles. The van der Waals surface area contributed by atoms with Gasteiger partial charge < -0.3 is 10.2 Å². The number of benzene rings is 4. The minimum atomic E-state index is 0.291. The number of para-hydroxylation sites is 1. The quantitative estimate of drug-likeness (QED) is 0.361. The molecular weight excluding hydrogens is 368 g/mol. The maximum Gasteiger partial charge on any atom is 0.115 e. The van der Waals surface area contributed by atoms with E-state index in [9.17, 15) is 5.11 Å². The molecule has 4 rings (SSSR count). The van der Waals surface area contributed by atoms with Gasteiger partial charge in [-0.1, -0.05) is 97.9 Å². The van der Waals surface area contributed by atoms with Crippen molar-refractivity contribution in [3.8, 4) is 11.5 Å². The zero-order chi connectivity index (χ0) is 21.2. The largest absolute Gasteiger partial charge is 0.508 e. The standard InChI is InChI=1S/C22H20O.C6H6O/c1-2-21(17-9-5-3-6-10-17)22(18-11-7-4-8-12-18)19-13-15-20(23)16-14-19;7-6-4-2-1-3-5-6/h3-16,23H,2H2,1H3;1-5,7H. The number of hydrogen-bond acceptors (Lipinski definition) is 2. The molecule has 0 aromatic heterocycles. The van der Waals surface area contributed by atoms with Gasteiger partial charge in [0.25, 0.3) is 0 Å². The molecule has 0 aliphatic rings. The zero-order valence-electron chi connectivity index (χ0n) is 17.1. The van der Waals surface area contributed by atoms with Crippen LogP contribution in [0.25, 0.3) is 11.1 Å². The molecule has 2 N–H and O–H groups in total. The molecule has 0 aliphatic heterocycles. The lowest BCUT2D eigenvalue weighted by Gasteiger charge is -2.16. The first-order valence-corrected chi connectivity index (χ1v) is 10.1. The lowest BCUT2D eigenvalue weighted by molar-refractivity contribution is 0.475. The highest BCUT2D eigenvalue weighted by Gasteiger charge is 2.12. The highest BCUT2D eigenvalue weighted by Crippen LogP contribution is 2.34. The highest BCUT2D eigenvalue weighted by molar-refractivity contribution is 5.98. The molecule has 0 radical (unpaired) electrons. The summed E-state index contributed by atoms with van der Waals surface area (Å²) in [5.41, 5.74) is 6.08. The first kappa shape index (κ1) is 20.9. The SMILES string of the molecule is CCC(=C(c1ccccc1)c1ccc(O)cc1)c1ccccc1.Oc1ccccc1. The first-order valence-electron chi connectivity index (χ1n) is 10.1. The summed E-state index contributed by atoms with van der Waals surface area (Å²) in [6, 6.07) is 37.1. The third-order valence-electron chi connectivity index (χ3n) is 4.75. The Morgan fingerprint density at radius 3 is 1.33 bits per heavy atom. The summed E-state index contributed by atoms with van der Waals surface area (Å²) in [5.74, 6) is 0.612. The van der Waals surface area contributed by atoms with Gasteiger partial charge in [0.15, 0.2) is 0 Å². The molecule has 0 fully saturated rings. The highest BCUT2D eigenvalue weighted by atomic mass is 16.3. The molecular formula is C28H26O2. The van der Waals surface area contributed by atoms with Crippen molar-refractivity contribution in [2.75, 3.05) is 0 Å². The number of allylic oxidation sites excluding steroid dienone is 1. The molecule has 4 aromatic rings. The summed E-state index contributed by atoms with van der Waals surface area (Å²) in [6.45, 7) is 2.19. The van der Waals surface area contributed by atoms with Crippen LogP contribution in [0.15, 0.2) is 115 Å². The topological polar surface area (TPSA) is 40.5 Å². The van der Waals surface area contributed by atoms with E-state index in [1.54, 1.807) is 36.4 Å². The van der Waals surface area contributed by atoms with Gasteiger partial charge in [-0.2, -0.15) is 0 Å². The van der Waals surface area contributed by atoms with Crippen molar-refractivity contribution in [2.45, 2.75) is 13.3 Å². The smallest absolute Gasteiger partial charge is 0.115 e. The van der Waals surface area contributed by atoms with Crippen molar-refractivity contribution < 1.29 is 10.2 Å². The lowest BCUT2D eigenvalue weighted by Crippen LogP contribution is -1.94. The Balaban J connectivity index is 0.000000310. The third kappa shape index (κ3) is 5.62. The van der Waals surface area contributed by atoms with E-state index < -0.39 is 0 Å². The Morgan fingerprint density at radius 2 is 0.900 bits per heavy atom. The fraction of sp³-hybridized carbons (Fsp3) is 0.0714. The maximum atomic E-state index is 9.61. The van der Waals surface area contributed by atoms with Crippen LogP contribution in [0, 0.1) is 0 Å². The molecule has 2 nitrogen and oxygen atoms in total. The average Bonchev–Trinajstić information content (AvgIpc) is 2.80. The fourth-order valence-corrected chi connectivity index (χ4v) is 3.34. The van der Waals surface area contributed by atoms with Gasteiger partial charge in [-0.3, -0.25) is 0 Å². The number of hydrogen-bond donors (Lipinski definition) is 2. The van der Waals surface area contributed by atoms with Gasteiger partial charge in [-0.15, -0.1) is 0 Å². The van der Waals surface area contributed by atoms with E-state index >= 15 is 0 Å². The summed E-state index contributed by atoms with van der Waals surface area (Å²) in [7, 11) is 0. The van der Waals surface area contributed by atoms with Crippen molar-refractivity contribution in [2.24, 2.45) is 0 Å². The Hall–Kier alpha value is -3.78. The van der Waals surface area contributed by atoms with Crippen molar-refractivity contribution in [3.05, 3.63) is 132 Å². The molecule has 2 heteroatoms. The van der Waals surface area contributed by atoms with Gasteiger partial charge in [0.1, 0.15) is 11.5 Å². The summed E-state index contributed by atoms with van der Waals surface area (Å²) in [5, 5.41) is 18.2. The summed E-state index contributed by atoms with van der Waals surface area (Å²) in [4.78, 5) is 0. The predicted octanol–water partition coefficient (Wildman–Crippen LogP) is 7.15. The van der Waals surface area contributed by atoms with Crippen molar-refractivity contribution in [1.82, 2.24) is 0 Å². The molecule has 0 unspecified atom stereocenters. The van der Waals surface area contributed by atoms with Crippen LogP contribution < -0.4 is 0 Å². The summed E-state index contributed by atoms with van der Waals surface area (Å²) in [6.07, 6.45) is 0.940. The molecule has 4 aromatic carbocycles. The van der Waals surface area contributed by atoms with Crippen LogP contribution in [0.1, 0.15) is 30.0 Å². The number of phenols is 2. The van der Waals surface area contributed by atoms with E-state index in [2.05, 4.69) is 55.5 Å².